The van der Waals surface area contributed by atoms with Crippen LogP contribution in [-0.2, 0) is 6.42 Å². The second-order valence-electron chi connectivity index (χ2n) is 4.00. The van der Waals surface area contributed by atoms with Gasteiger partial charge in [-0.15, -0.1) is 0 Å². The first-order chi connectivity index (χ1) is 8.67. The Morgan fingerprint density at radius 1 is 1.50 bits per heavy atom. The average Bonchev–Trinajstić information content (AvgIpc) is 2.71. The minimum absolute atomic E-state index is 0.308. The standard InChI is InChI=1S/C13H13ClN4/c1-2-3-9-4-5-12(11(14)6-9)18-13(16)10(7-15)8-17-18/h4-6,8H,2-3,16H2,1H3. The summed E-state index contributed by atoms with van der Waals surface area (Å²) in [7, 11) is 0. The maximum Gasteiger partial charge on any atom is 0.145 e. The first-order valence-electron chi connectivity index (χ1n) is 5.69. The van der Waals surface area contributed by atoms with Gasteiger partial charge in [-0.05, 0) is 24.1 Å². The molecule has 0 atom stereocenters. The number of rotatable bonds is 3. The summed E-state index contributed by atoms with van der Waals surface area (Å²) in [6, 6.07) is 7.77. The predicted octanol–water partition coefficient (Wildman–Crippen LogP) is 2.93. The Labute approximate surface area is 111 Å². The third-order valence-electron chi connectivity index (χ3n) is 2.71. The highest BCUT2D eigenvalue weighted by molar-refractivity contribution is 6.32. The number of hydrogen-bond donors (Lipinski definition) is 1. The molecule has 5 heteroatoms. The summed E-state index contributed by atoms with van der Waals surface area (Å²) in [6.07, 6.45) is 3.49. The van der Waals surface area contributed by atoms with Crippen molar-refractivity contribution in [1.82, 2.24) is 9.78 Å². The largest absolute Gasteiger partial charge is 0.382 e. The normalized spacial score (nSPS) is 10.3. The van der Waals surface area contributed by atoms with Gasteiger partial charge in [-0.2, -0.15) is 10.4 Å². The molecule has 0 aliphatic heterocycles. The molecule has 0 bridgehead atoms. The van der Waals surface area contributed by atoms with Crippen molar-refractivity contribution in [3.63, 3.8) is 0 Å². The monoisotopic (exact) mass is 260 g/mol. The number of nitrogen functional groups attached to an aromatic ring is 1. The van der Waals surface area contributed by atoms with Crippen molar-refractivity contribution in [3.8, 4) is 11.8 Å². The topological polar surface area (TPSA) is 67.6 Å². The summed E-state index contributed by atoms with van der Waals surface area (Å²) < 4.78 is 1.48. The summed E-state index contributed by atoms with van der Waals surface area (Å²) in [5.74, 6) is 0.308. The Morgan fingerprint density at radius 3 is 2.83 bits per heavy atom. The highest BCUT2D eigenvalue weighted by Gasteiger charge is 2.11. The molecule has 18 heavy (non-hydrogen) atoms. The number of aryl methyl sites for hydroxylation is 1. The zero-order valence-electron chi connectivity index (χ0n) is 10.0. The number of aromatic nitrogens is 2. The van der Waals surface area contributed by atoms with Crippen LogP contribution in [0.25, 0.3) is 5.69 Å². The van der Waals surface area contributed by atoms with Crippen LogP contribution in [-0.4, -0.2) is 9.78 Å². The van der Waals surface area contributed by atoms with E-state index in [0.717, 1.165) is 12.8 Å². The summed E-state index contributed by atoms with van der Waals surface area (Å²) in [6.45, 7) is 2.12. The molecule has 0 aliphatic rings. The average molecular weight is 261 g/mol. The van der Waals surface area contributed by atoms with Gasteiger partial charge in [0, 0.05) is 0 Å². The van der Waals surface area contributed by atoms with Crippen molar-refractivity contribution in [2.75, 3.05) is 5.73 Å². The second kappa shape index (κ2) is 5.11. The van der Waals surface area contributed by atoms with Crippen LogP contribution in [0.1, 0.15) is 24.5 Å². The summed E-state index contributed by atoms with van der Waals surface area (Å²) >= 11 is 6.22. The Kier molecular flexibility index (Phi) is 3.54. The predicted molar refractivity (Wildman–Crippen MR) is 71.7 cm³/mol. The molecule has 0 spiro atoms. The quantitative estimate of drug-likeness (QED) is 0.923. The Balaban J connectivity index is 2.45. The Bertz CT molecular complexity index is 610. The van der Waals surface area contributed by atoms with Crippen LogP contribution < -0.4 is 5.73 Å². The number of benzene rings is 1. The molecule has 0 aliphatic carbocycles. The summed E-state index contributed by atoms with van der Waals surface area (Å²) in [5, 5.41) is 13.5. The van der Waals surface area contributed by atoms with Gasteiger partial charge in [-0.25, -0.2) is 4.68 Å². The lowest BCUT2D eigenvalue weighted by molar-refractivity contribution is 0.884. The van der Waals surface area contributed by atoms with Crippen molar-refractivity contribution in [1.29, 1.82) is 5.26 Å². The number of nitrogens with zero attached hydrogens (tertiary/aromatic N) is 3. The van der Waals surface area contributed by atoms with Crippen LogP contribution in [0.5, 0.6) is 0 Å². The van der Waals surface area contributed by atoms with E-state index in [2.05, 4.69) is 12.0 Å². The Hall–Kier alpha value is -1.99. The van der Waals surface area contributed by atoms with Crippen LogP contribution in [0.3, 0.4) is 0 Å². The first-order valence-corrected chi connectivity index (χ1v) is 6.07. The van der Waals surface area contributed by atoms with E-state index in [0.29, 0.717) is 22.1 Å². The van der Waals surface area contributed by atoms with Crippen LogP contribution in [0.4, 0.5) is 5.82 Å². The third kappa shape index (κ3) is 2.18. The van der Waals surface area contributed by atoms with Crippen LogP contribution in [0.2, 0.25) is 5.02 Å². The van der Waals surface area contributed by atoms with Gasteiger partial charge in [0.05, 0.1) is 16.9 Å². The Morgan fingerprint density at radius 2 is 2.28 bits per heavy atom. The maximum atomic E-state index is 8.85. The van der Waals surface area contributed by atoms with E-state index in [4.69, 9.17) is 22.6 Å². The summed E-state index contributed by atoms with van der Waals surface area (Å²) in [4.78, 5) is 0. The fourth-order valence-corrected chi connectivity index (χ4v) is 2.09. The second-order valence-corrected chi connectivity index (χ2v) is 4.41. The number of anilines is 1. The molecule has 4 nitrogen and oxygen atoms in total. The highest BCUT2D eigenvalue weighted by atomic mass is 35.5. The lowest BCUT2D eigenvalue weighted by Gasteiger charge is -2.08. The molecular weight excluding hydrogens is 248 g/mol. The molecule has 0 saturated heterocycles. The first kappa shape index (κ1) is 12.5. The van der Waals surface area contributed by atoms with Crippen molar-refractivity contribution >= 4 is 17.4 Å². The molecule has 2 rings (SSSR count). The van der Waals surface area contributed by atoms with Gasteiger partial charge >= 0.3 is 0 Å². The van der Waals surface area contributed by atoms with E-state index in [-0.39, 0.29) is 0 Å². The van der Waals surface area contributed by atoms with E-state index >= 15 is 0 Å². The molecule has 2 N–H and O–H groups in total. The molecule has 92 valence electrons. The molecule has 0 saturated carbocycles. The fourth-order valence-electron chi connectivity index (χ4n) is 1.80. The fraction of sp³-hybridized carbons (Fsp3) is 0.231. The highest BCUT2D eigenvalue weighted by Crippen LogP contribution is 2.25. The van der Waals surface area contributed by atoms with Crippen molar-refractivity contribution in [3.05, 3.63) is 40.5 Å². The van der Waals surface area contributed by atoms with Crippen LogP contribution >= 0.6 is 11.6 Å². The molecule has 1 aromatic heterocycles. The smallest absolute Gasteiger partial charge is 0.145 e. The van der Waals surface area contributed by atoms with Gasteiger partial charge in [0.25, 0.3) is 0 Å². The van der Waals surface area contributed by atoms with Gasteiger partial charge in [0.15, 0.2) is 0 Å². The SMILES string of the molecule is CCCc1ccc(-n2ncc(C#N)c2N)c(Cl)c1. The zero-order valence-corrected chi connectivity index (χ0v) is 10.8. The molecule has 2 aromatic rings. The minimum atomic E-state index is 0.308. The third-order valence-corrected chi connectivity index (χ3v) is 3.01. The van der Waals surface area contributed by atoms with Gasteiger partial charge in [-0.1, -0.05) is 31.0 Å². The maximum absolute atomic E-state index is 8.85. The number of nitriles is 1. The number of nitrogens with two attached hydrogens (primary N) is 1. The molecule has 0 unspecified atom stereocenters. The van der Waals surface area contributed by atoms with Crippen LogP contribution in [0.15, 0.2) is 24.4 Å². The van der Waals surface area contributed by atoms with E-state index in [1.54, 1.807) is 0 Å². The molecule has 1 heterocycles. The van der Waals surface area contributed by atoms with Gasteiger partial charge in [0.1, 0.15) is 17.5 Å². The lowest BCUT2D eigenvalue weighted by atomic mass is 10.1. The van der Waals surface area contributed by atoms with E-state index in [1.807, 2.05) is 24.3 Å². The van der Waals surface area contributed by atoms with Gasteiger partial charge in [-0.3, -0.25) is 0 Å². The van der Waals surface area contributed by atoms with Gasteiger partial charge < -0.3 is 5.73 Å². The molecule has 0 fully saturated rings. The van der Waals surface area contributed by atoms with Crippen molar-refractivity contribution in [2.45, 2.75) is 19.8 Å². The van der Waals surface area contributed by atoms with E-state index in [9.17, 15) is 0 Å². The number of hydrogen-bond acceptors (Lipinski definition) is 3. The molecular formula is C13H13ClN4. The minimum Gasteiger partial charge on any atom is -0.382 e. The molecule has 0 amide bonds. The zero-order chi connectivity index (χ0) is 13.1. The van der Waals surface area contributed by atoms with Crippen molar-refractivity contribution < 1.29 is 0 Å². The van der Waals surface area contributed by atoms with Crippen LogP contribution in [0, 0.1) is 11.3 Å². The molecule has 0 radical (unpaired) electrons. The number of halogens is 1. The van der Waals surface area contributed by atoms with Crippen molar-refractivity contribution in [2.24, 2.45) is 0 Å². The lowest BCUT2D eigenvalue weighted by Crippen LogP contribution is -2.03. The van der Waals surface area contributed by atoms with E-state index in [1.165, 1.54) is 16.4 Å². The summed E-state index contributed by atoms with van der Waals surface area (Å²) in [5.41, 5.74) is 8.05. The molecule has 1 aromatic carbocycles. The van der Waals surface area contributed by atoms with E-state index < -0.39 is 0 Å². The van der Waals surface area contributed by atoms with Gasteiger partial charge in [0.2, 0.25) is 0 Å².